The van der Waals surface area contributed by atoms with Crippen LogP contribution in [0.3, 0.4) is 0 Å². The van der Waals surface area contributed by atoms with Crippen molar-refractivity contribution in [1.29, 1.82) is 0 Å². The van der Waals surface area contributed by atoms with E-state index in [-0.39, 0.29) is 23.3 Å². The van der Waals surface area contributed by atoms with Crippen molar-refractivity contribution in [2.45, 2.75) is 19.3 Å². The summed E-state index contributed by atoms with van der Waals surface area (Å²) >= 11 is 6.10. The summed E-state index contributed by atoms with van der Waals surface area (Å²) in [7, 11) is 0. The summed E-state index contributed by atoms with van der Waals surface area (Å²) in [5.41, 5.74) is 1.17. The van der Waals surface area contributed by atoms with Crippen LogP contribution in [0.15, 0.2) is 47.0 Å². The number of nitrogens with zero attached hydrogens (tertiary/aromatic N) is 3. The van der Waals surface area contributed by atoms with Crippen LogP contribution in [0, 0.1) is 5.82 Å². The van der Waals surface area contributed by atoms with Crippen molar-refractivity contribution in [1.82, 2.24) is 10.1 Å². The van der Waals surface area contributed by atoms with Gasteiger partial charge in [-0.05, 0) is 37.3 Å². The Balaban J connectivity index is 1.58. The van der Waals surface area contributed by atoms with E-state index < -0.39 is 5.82 Å². The Labute approximate surface area is 165 Å². The van der Waals surface area contributed by atoms with Crippen LogP contribution in [0.5, 0.6) is 5.75 Å². The van der Waals surface area contributed by atoms with E-state index in [4.69, 9.17) is 20.9 Å². The molecular formula is C20H17ClFN3O3. The van der Waals surface area contributed by atoms with Crippen molar-refractivity contribution in [2.24, 2.45) is 0 Å². The van der Waals surface area contributed by atoms with E-state index in [1.54, 1.807) is 0 Å². The first kappa shape index (κ1) is 18.4. The lowest BCUT2D eigenvalue weighted by Crippen LogP contribution is -2.24. The highest BCUT2D eigenvalue weighted by atomic mass is 35.5. The molecule has 6 nitrogen and oxygen atoms in total. The Hall–Kier alpha value is -2.93. The van der Waals surface area contributed by atoms with Gasteiger partial charge in [0, 0.05) is 18.9 Å². The molecule has 1 fully saturated rings. The molecule has 1 unspecified atom stereocenters. The Morgan fingerprint density at radius 1 is 1.32 bits per heavy atom. The topological polar surface area (TPSA) is 68.5 Å². The molecule has 144 valence electrons. The zero-order valence-electron chi connectivity index (χ0n) is 15.1. The lowest BCUT2D eigenvalue weighted by molar-refractivity contribution is -0.117. The van der Waals surface area contributed by atoms with Gasteiger partial charge >= 0.3 is 0 Å². The van der Waals surface area contributed by atoms with E-state index in [9.17, 15) is 9.18 Å². The van der Waals surface area contributed by atoms with Crippen molar-refractivity contribution < 1.29 is 18.4 Å². The quantitative estimate of drug-likeness (QED) is 0.631. The number of hydrogen-bond donors (Lipinski definition) is 0. The summed E-state index contributed by atoms with van der Waals surface area (Å²) in [4.78, 5) is 18.5. The molecule has 0 N–H and O–H groups in total. The molecule has 0 saturated carbocycles. The molecule has 28 heavy (non-hydrogen) atoms. The van der Waals surface area contributed by atoms with Crippen LogP contribution in [0.1, 0.15) is 25.1 Å². The SMILES string of the molecule is CCOc1ccccc1-c1nc(C2CC(=O)N(c3ccc(F)cc3Cl)C2)no1. The number of halogens is 2. The average molecular weight is 402 g/mol. The Bertz CT molecular complexity index is 1020. The molecule has 1 amide bonds. The van der Waals surface area contributed by atoms with Crippen molar-refractivity contribution >= 4 is 23.2 Å². The number of rotatable bonds is 5. The first-order chi connectivity index (χ1) is 13.6. The van der Waals surface area contributed by atoms with Gasteiger partial charge in [0.05, 0.1) is 22.9 Å². The van der Waals surface area contributed by atoms with Crippen LogP contribution in [0.4, 0.5) is 10.1 Å². The summed E-state index contributed by atoms with van der Waals surface area (Å²) in [5.74, 6) is 0.611. The number of benzene rings is 2. The standard InChI is InChI=1S/C20H17ClFN3O3/c1-2-27-17-6-4-3-5-14(17)20-23-19(24-28-20)12-9-18(26)25(11-12)16-8-7-13(22)10-15(16)21/h3-8,10,12H,2,9,11H2,1H3. The van der Waals surface area contributed by atoms with Gasteiger partial charge in [-0.3, -0.25) is 4.79 Å². The Morgan fingerprint density at radius 3 is 2.93 bits per heavy atom. The summed E-state index contributed by atoms with van der Waals surface area (Å²) in [5, 5.41) is 4.25. The second-order valence-electron chi connectivity index (χ2n) is 6.39. The number of carbonyl (C=O) groups excluding carboxylic acids is 1. The second-order valence-corrected chi connectivity index (χ2v) is 6.80. The van der Waals surface area contributed by atoms with E-state index in [1.165, 1.54) is 23.1 Å². The first-order valence-corrected chi connectivity index (χ1v) is 9.26. The molecule has 0 radical (unpaired) electrons. The highest BCUT2D eigenvalue weighted by Gasteiger charge is 2.35. The largest absolute Gasteiger partial charge is 0.493 e. The fourth-order valence-electron chi connectivity index (χ4n) is 3.25. The maximum atomic E-state index is 13.3. The van der Waals surface area contributed by atoms with Gasteiger partial charge in [-0.25, -0.2) is 4.39 Å². The normalized spacial score (nSPS) is 16.6. The molecule has 1 aliphatic rings. The molecular weight excluding hydrogens is 385 g/mol. The summed E-state index contributed by atoms with van der Waals surface area (Å²) in [6.45, 7) is 2.76. The molecule has 1 aliphatic heterocycles. The molecule has 3 aromatic rings. The number of aromatic nitrogens is 2. The summed E-state index contributed by atoms with van der Waals surface area (Å²) in [6.07, 6.45) is 0.222. The van der Waals surface area contributed by atoms with Gasteiger partial charge in [-0.15, -0.1) is 0 Å². The number of amides is 1. The van der Waals surface area contributed by atoms with Gasteiger partial charge in [0.1, 0.15) is 11.6 Å². The van der Waals surface area contributed by atoms with Crippen LogP contribution >= 0.6 is 11.6 Å². The molecule has 8 heteroatoms. The van der Waals surface area contributed by atoms with Crippen molar-refractivity contribution in [3.05, 3.63) is 59.1 Å². The van der Waals surface area contributed by atoms with Crippen molar-refractivity contribution in [2.75, 3.05) is 18.1 Å². The molecule has 0 bridgehead atoms. The monoisotopic (exact) mass is 401 g/mol. The van der Waals surface area contributed by atoms with Crippen molar-refractivity contribution in [3.8, 4) is 17.2 Å². The van der Waals surface area contributed by atoms with Crippen LogP contribution in [0.25, 0.3) is 11.5 Å². The average Bonchev–Trinajstić information content (AvgIpc) is 3.30. The number of anilines is 1. The summed E-state index contributed by atoms with van der Waals surface area (Å²) in [6, 6.07) is 11.4. The minimum atomic E-state index is -0.451. The van der Waals surface area contributed by atoms with Gasteiger partial charge in [0.2, 0.25) is 5.91 Å². The highest BCUT2D eigenvalue weighted by molar-refractivity contribution is 6.33. The summed E-state index contributed by atoms with van der Waals surface area (Å²) < 4.78 is 24.3. The minimum Gasteiger partial charge on any atom is -0.493 e. The van der Waals surface area contributed by atoms with Gasteiger partial charge in [-0.1, -0.05) is 28.9 Å². The third-order valence-electron chi connectivity index (χ3n) is 4.55. The van der Waals surface area contributed by atoms with Gasteiger partial charge in [-0.2, -0.15) is 4.98 Å². The van der Waals surface area contributed by atoms with Gasteiger partial charge in [0.25, 0.3) is 5.89 Å². The van der Waals surface area contributed by atoms with Crippen LogP contribution in [-0.2, 0) is 4.79 Å². The zero-order valence-corrected chi connectivity index (χ0v) is 15.8. The molecule has 1 atom stereocenters. The molecule has 0 spiro atoms. The maximum absolute atomic E-state index is 13.3. The lowest BCUT2D eigenvalue weighted by Gasteiger charge is -2.17. The van der Waals surface area contributed by atoms with Crippen LogP contribution in [0.2, 0.25) is 5.02 Å². The number of hydrogen-bond acceptors (Lipinski definition) is 5. The minimum absolute atomic E-state index is 0.125. The predicted octanol–water partition coefficient (Wildman–Crippen LogP) is 4.45. The van der Waals surface area contributed by atoms with Crippen LogP contribution < -0.4 is 9.64 Å². The Kier molecular flexibility index (Phi) is 5.00. The Morgan fingerprint density at radius 2 is 2.14 bits per heavy atom. The van der Waals surface area contributed by atoms with E-state index in [2.05, 4.69) is 10.1 Å². The number of carbonyl (C=O) groups is 1. The smallest absolute Gasteiger partial charge is 0.261 e. The third kappa shape index (κ3) is 3.45. The third-order valence-corrected chi connectivity index (χ3v) is 4.85. The molecule has 1 saturated heterocycles. The van der Waals surface area contributed by atoms with Crippen LogP contribution in [-0.4, -0.2) is 29.2 Å². The number of ether oxygens (including phenoxy) is 1. The second kappa shape index (κ2) is 7.59. The molecule has 4 rings (SSSR count). The van der Waals surface area contributed by atoms with E-state index in [0.29, 0.717) is 41.9 Å². The fourth-order valence-corrected chi connectivity index (χ4v) is 3.52. The first-order valence-electron chi connectivity index (χ1n) is 8.88. The van der Waals surface area contributed by atoms with Gasteiger partial charge < -0.3 is 14.2 Å². The van der Waals surface area contributed by atoms with E-state index in [1.807, 2.05) is 31.2 Å². The van der Waals surface area contributed by atoms with Gasteiger partial charge in [0.15, 0.2) is 5.82 Å². The molecule has 1 aromatic heterocycles. The molecule has 2 heterocycles. The fraction of sp³-hybridized carbons (Fsp3) is 0.250. The molecule has 2 aromatic carbocycles. The van der Waals surface area contributed by atoms with E-state index >= 15 is 0 Å². The van der Waals surface area contributed by atoms with Crippen molar-refractivity contribution in [3.63, 3.8) is 0 Å². The predicted molar refractivity (Wildman–Crippen MR) is 102 cm³/mol. The molecule has 0 aliphatic carbocycles. The maximum Gasteiger partial charge on any atom is 0.261 e. The lowest BCUT2D eigenvalue weighted by atomic mass is 10.1. The number of para-hydroxylation sites is 1. The highest BCUT2D eigenvalue weighted by Crippen LogP contribution is 2.36. The van der Waals surface area contributed by atoms with E-state index in [0.717, 1.165) is 0 Å². The zero-order chi connectivity index (χ0) is 19.7.